The monoisotopic (exact) mass is 437 g/mol. The first-order valence-corrected chi connectivity index (χ1v) is 10.4. The van der Waals surface area contributed by atoms with E-state index in [-0.39, 0.29) is 11.7 Å². The second-order valence-corrected chi connectivity index (χ2v) is 7.82. The third kappa shape index (κ3) is 3.86. The van der Waals surface area contributed by atoms with Crippen LogP contribution in [0.15, 0.2) is 65.2 Å². The van der Waals surface area contributed by atoms with Gasteiger partial charge in [0.25, 0.3) is 5.92 Å². The highest BCUT2D eigenvalue weighted by Crippen LogP contribution is 2.38. The molecule has 0 fully saturated rings. The number of hydrogen-bond donors (Lipinski definition) is 0. The van der Waals surface area contributed by atoms with E-state index in [1.807, 2.05) is 31.2 Å². The molecule has 32 heavy (non-hydrogen) atoms. The summed E-state index contributed by atoms with van der Waals surface area (Å²) in [5, 5.41) is 4.89. The van der Waals surface area contributed by atoms with Gasteiger partial charge >= 0.3 is 0 Å². The molecule has 4 aromatic rings. The van der Waals surface area contributed by atoms with Crippen LogP contribution in [0.2, 0.25) is 0 Å². The summed E-state index contributed by atoms with van der Waals surface area (Å²) in [6.45, 7) is 3.46. The molecule has 0 bridgehead atoms. The maximum absolute atomic E-state index is 13.5. The first kappa shape index (κ1) is 20.3. The summed E-state index contributed by atoms with van der Waals surface area (Å²) in [6.07, 6.45) is 0.887. The quantitative estimate of drug-likeness (QED) is 0.338. The third-order valence-electron chi connectivity index (χ3n) is 5.43. The molecule has 7 heteroatoms. The van der Waals surface area contributed by atoms with E-state index in [1.165, 1.54) is 12.1 Å². The Bertz CT molecular complexity index is 1260. The number of nitrogens with zero attached hydrogens (tertiary/aromatic N) is 1. The Morgan fingerprint density at radius 3 is 2.50 bits per heavy atom. The molecular formula is C25H21F2NO4. The van der Waals surface area contributed by atoms with Gasteiger partial charge in [-0.25, -0.2) is 8.78 Å². The van der Waals surface area contributed by atoms with Crippen molar-refractivity contribution >= 4 is 11.0 Å². The van der Waals surface area contributed by atoms with Crippen LogP contribution < -0.4 is 14.2 Å². The Balaban J connectivity index is 1.39. The largest absolute Gasteiger partial charge is 0.486 e. The molecule has 0 N–H and O–H groups in total. The molecule has 1 aliphatic rings. The molecule has 5 rings (SSSR count). The number of hydrogen-bond acceptors (Lipinski definition) is 5. The van der Waals surface area contributed by atoms with Crippen molar-refractivity contribution < 1.29 is 27.5 Å². The number of fused-ring (bicyclic) bond motifs is 2. The van der Waals surface area contributed by atoms with Crippen LogP contribution >= 0.6 is 0 Å². The van der Waals surface area contributed by atoms with Gasteiger partial charge in [-0.3, -0.25) is 0 Å². The Labute approximate surface area is 183 Å². The van der Waals surface area contributed by atoms with Gasteiger partial charge in [-0.1, -0.05) is 36.3 Å². The van der Waals surface area contributed by atoms with E-state index in [0.717, 1.165) is 18.7 Å². The molecule has 1 atom stereocenters. The van der Waals surface area contributed by atoms with Crippen molar-refractivity contribution in [2.75, 3.05) is 6.61 Å². The van der Waals surface area contributed by atoms with Gasteiger partial charge in [-0.15, -0.1) is 0 Å². The van der Waals surface area contributed by atoms with Crippen LogP contribution in [-0.2, 0) is 5.92 Å². The maximum atomic E-state index is 13.5. The summed E-state index contributed by atoms with van der Waals surface area (Å²) in [4.78, 5) is 0. The molecule has 0 spiro atoms. The van der Waals surface area contributed by atoms with E-state index in [4.69, 9.17) is 18.7 Å². The summed E-state index contributed by atoms with van der Waals surface area (Å²) in [7, 11) is 0. The normalized spacial score (nSPS) is 15.7. The lowest BCUT2D eigenvalue weighted by molar-refractivity contribution is 0.0175. The first-order valence-electron chi connectivity index (χ1n) is 10.4. The predicted molar refractivity (Wildman–Crippen MR) is 116 cm³/mol. The summed E-state index contributed by atoms with van der Waals surface area (Å²) < 4.78 is 50.1. The molecule has 5 nitrogen and oxygen atoms in total. The number of aromatic nitrogens is 1. The SMILES string of the molecule is CC[C@@H]1COc2ccc(Oc3ccc4c(-c5ccc(C(C)(F)F)cc5)noc4c3)cc2O1. The molecular weight excluding hydrogens is 416 g/mol. The lowest BCUT2D eigenvalue weighted by atomic mass is 10.0. The number of rotatable bonds is 5. The topological polar surface area (TPSA) is 53.7 Å². The molecule has 0 saturated carbocycles. The zero-order valence-corrected chi connectivity index (χ0v) is 17.6. The Morgan fingerprint density at radius 1 is 1.00 bits per heavy atom. The van der Waals surface area contributed by atoms with Gasteiger partial charge in [0, 0.05) is 35.6 Å². The molecule has 0 saturated heterocycles. The average molecular weight is 437 g/mol. The van der Waals surface area contributed by atoms with Crippen molar-refractivity contribution in [2.24, 2.45) is 0 Å². The lowest BCUT2D eigenvalue weighted by Gasteiger charge is -2.25. The smallest absolute Gasteiger partial charge is 0.270 e. The zero-order valence-electron chi connectivity index (χ0n) is 17.6. The van der Waals surface area contributed by atoms with E-state index in [0.29, 0.717) is 46.4 Å². The number of halogens is 2. The minimum atomic E-state index is -2.89. The number of alkyl halides is 2. The van der Waals surface area contributed by atoms with Crippen molar-refractivity contribution in [3.63, 3.8) is 0 Å². The fraction of sp³-hybridized carbons (Fsp3) is 0.240. The van der Waals surface area contributed by atoms with Crippen LogP contribution in [0.4, 0.5) is 8.78 Å². The van der Waals surface area contributed by atoms with Gasteiger partial charge in [0.1, 0.15) is 29.9 Å². The average Bonchev–Trinajstić information content (AvgIpc) is 3.21. The van der Waals surface area contributed by atoms with Crippen molar-refractivity contribution in [3.05, 3.63) is 66.2 Å². The molecule has 164 valence electrons. The summed E-state index contributed by atoms with van der Waals surface area (Å²) >= 11 is 0. The Kier molecular flexibility index (Phi) is 4.96. The number of ether oxygens (including phenoxy) is 3. The maximum Gasteiger partial charge on any atom is 0.270 e. The second kappa shape index (κ2) is 7.82. The molecule has 0 aliphatic carbocycles. The van der Waals surface area contributed by atoms with E-state index in [1.54, 1.807) is 24.3 Å². The standard InChI is InChI=1S/C25H21F2NO4/c1-3-17-14-29-21-11-9-19(13-23(21)31-17)30-18-8-10-20-22(12-18)32-28-24(20)15-4-6-16(7-5-15)25(2,26)27/h4-13,17H,3,14H2,1-2H3/t17-/m1/s1. The van der Waals surface area contributed by atoms with E-state index < -0.39 is 5.92 Å². The van der Waals surface area contributed by atoms with Gasteiger partial charge in [0.15, 0.2) is 17.1 Å². The highest BCUT2D eigenvalue weighted by atomic mass is 19.3. The summed E-state index contributed by atoms with van der Waals surface area (Å²) in [5.41, 5.74) is 1.77. The predicted octanol–water partition coefficient (Wildman–Crippen LogP) is 6.95. The van der Waals surface area contributed by atoms with Crippen molar-refractivity contribution in [2.45, 2.75) is 32.3 Å². The lowest BCUT2D eigenvalue weighted by Crippen LogP contribution is -2.28. The molecule has 1 aliphatic heterocycles. The van der Waals surface area contributed by atoms with E-state index in [9.17, 15) is 8.78 Å². The molecule has 2 heterocycles. The highest BCUT2D eigenvalue weighted by molar-refractivity contribution is 5.92. The van der Waals surface area contributed by atoms with Crippen LogP contribution in [0.5, 0.6) is 23.0 Å². The summed E-state index contributed by atoms with van der Waals surface area (Å²) in [5.74, 6) is -0.347. The molecule has 0 radical (unpaired) electrons. The highest BCUT2D eigenvalue weighted by Gasteiger charge is 2.24. The minimum Gasteiger partial charge on any atom is -0.486 e. The van der Waals surface area contributed by atoms with Crippen LogP contribution in [0.25, 0.3) is 22.2 Å². The van der Waals surface area contributed by atoms with Crippen molar-refractivity contribution in [3.8, 4) is 34.3 Å². The zero-order chi connectivity index (χ0) is 22.3. The summed E-state index contributed by atoms with van der Waals surface area (Å²) in [6, 6.07) is 16.9. The fourth-order valence-electron chi connectivity index (χ4n) is 3.61. The van der Waals surface area contributed by atoms with Gasteiger partial charge in [-0.2, -0.15) is 0 Å². The van der Waals surface area contributed by atoms with Gasteiger partial charge in [-0.05, 0) is 30.7 Å². The third-order valence-corrected chi connectivity index (χ3v) is 5.43. The van der Waals surface area contributed by atoms with Crippen molar-refractivity contribution in [1.82, 2.24) is 5.16 Å². The van der Waals surface area contributed by atoms with Gasteiger partial charge in [0.05, 0.1) is 0 Å². The Morgan fingerprint density at radius 2 is 1.75 bits per heavy atom. The second-order valence-electron chi connectivity index (χ2n) is 7.82. The van der Waals surface area contributed by atoms with Crippen LogP contribution in [0, 0.1) is 0 Å². The van der Waals surface area contributed by atoms with E-state index >= 15 is 0 Å². The van der Waals surface area contributed by atoms with Crippen molar-refractivity contribution in [1.29, 1.82) is 0 Å². The van der Waals surface area contributed by atoms with Crippen LogP contribution in [0.3, 0.4) is 0 Å². The minimum absolute atomic E-state index is 0.0272. The first-order chi connectivity index (χ1) is 15.4. The number of benzene rings is 3. The van der Waals surface area contributed by atoms with Gasteiger partial charge in [0.2, 0.25) is 0 Å². The van der Waals surface area contributed by atoms with E-state index in [2.05, 4.69) is 5.16 Å². The van der Waals surface area contributed by atoms with Crippen LogP contribution in [-0.4, -0.2) is 17.9 Å². The van der Waals surface area contributed by atoms with Crippen LogP contribution in [0.1, 0.15) is 25.8 Å². The Hall–Kier alpha value is -3.61. The molecule has 0 amide bonds. The fourth-order valence-corrected chi connectivity index (χ4v) is 3.61. The molecule has 3 aromatic carbocycles. The molecule has 1 aromatic heterocycles. The molecule has 0 unspecified atom stereocenters. The van der Waals surface area contributed by atoms with Gasteiger partial charge < -0.3 is 18.7 Å².